The molecule has 0 saturated heterocycles. The molecule has 3 aromatic rings. The Kier molecular flexibility index (Phi) is 9.54. The first-order chi connectivity index (χ1) is 13.3. The lowest BCUT2D eigenvalue weighted by Crippen LogP contribution is -2.39. The van der Waals surface area contributed by atoms with Gasteiger partial charge in [-0.3, -0.25) is 0 Å². The summed E-state index contributed by atoms with van der Waals surface area (Å²) in [4.78, 5) is 4.66. The molecule has 0 fully saturated rings. The number of aliphatic imine (C=N–C) groups is 1. The van der Waals surface area contributed by atoms with Gasteiger partial charge < -0.3 is 15.1 Å². The Hall–Kier alpha value is -2.35. The number of hydrogen-bond donors (Lipinski definition) is 2. The molecule has 0 aliphatic carbocycles. The van der Waals surface area contributed by atoms with E-state index >= 15 is 0 Å². The molecule has 0 aliphatic heterocycles. The summed E-state index contributed by atoms with van der Waals surface area (Å²) >= 11 is 0. The Bertz CT molecular complexity index is 821. The van der Waals surface area contributed by atoms with Gasteiger partial charge in [-0.15, -0.1) is 24.0 Å². The third kappa shape index (κ3) is 7.72. The summed E-state index contributed by atoms with van der Waals surface area (Å²) in [5.41, 5.74) is 2.24. The highest BCUT2D eigenvalue weighted by molar-refractivity contribution is 14.0. The van der Waals surface area contributed by atoms with Crippen molar-refractivity contribution in [1.29, 1.82) is 0 Å². The van der Waals surface area contributed by atoms with E-state index in [0.717, 1.165) is 42.2 Å². The van der Waals surface area contributed by atoms with E-state index in [1.807, 2.05) is 42.5 Å². The van der Waals surface area contributed by atoms with Crippen LogP contribution in [0.3, 0.4) is 0 Å². The van der Waals surface area contributed by atoms with E-state index in [4.69, 9.17) is 4.42 Å². The first-order valence-corrected chi connectivity index (χ1v) is 9.12. The van der Waals surface area contributed by atoms with Crippen LogP contribution < -0.4 is 10.6 Å². The second-order valence-electron chi connectivity index (χ2n) is 6.21. The van der Waals surface area contributed by atoms with Gasteiger partial charge in [-0.25, -0.2) is 9.38 Å². The zero-order chi connectivity index (χ0) is 18.7. The summed E-state index contributed by atoms with van der Waals surface area (Å²) in [6, 6.07) is 20.6. The number of furan rings is 1. The maximum absolute atomic E-state index is 13.0. The van der Waals surface area contributed by atoms with Crippen LogP contribution in [0.15, 0.2) is 82.4 Å². The molecule has 0 bridgehead atoms. The van der Waals surface area contributed by atoms with Crippen LogP contribution in [0.2, 0.25) is 0 Å². The summed E-state index contributed by atoms with van der Waals surface area (Å²) in [5.74, 6) is 1.49. The summed E-state index contributed by atoms with van der Waals surface area (Å²) in [6.45, 7) is 2.05. The first kappa shape index (κ1) is 21.9. The van der Waals surface area contributed by atoms with Gasteiger partial charge in [0.15, 0.2) is 5.96 Å². The van der Waals surface area contributed by atoms with Crippen LogP contribution in [-0.2, 0) is 19.4 Å². The van der Waals surface area contributed by atoms with Crippen molar-refractivity contribution in [3.05, 3.63) is 95.7 Å². The number of halogens is 2. The largest absolute Gasteiger partial charge is 0.469 e. The Morgan fingerprint density at radius 1 is 0.821 bits per heavy atom. The molecule has 0 amide bonds. The van der Waals surface area contributed by atoms with Crippen molar-refractivity contribution >= 4 is 29.9 Å². The number of rotatable bonds is 8. The number of guanidine groups is 1. The van der Waals surface area contributed by atoms with E-state index in [0.29, 0.717) is 13.1 Å². The van der Waals surface area contributed by atoms with Crippen LogP contribution in [0.25, 0.3) is 0 Å². The van der Waals surface area contributed by atoms with E-state index in [1.54, 1.807) is 6.26 Å². The van der Waals surface area contributed by atoms with Crippen LogP contribution >= 0.6 is 24.0 Å². The van der Waals surface area contributed by atoms with Gasteiger partial charge in [0.2, 0.25) is 0 Å². The lowest BCUT2D eigenvalue weighted by molar-refractivity contribution is 0.506. The molecule has 6 heteroatoms. The number of nitrogens with one attached hydrogen (secondary N) is 2. The van der Waals surface area contributed by atoms with Crippen LogP contribution in [0, 0.1) is 5.82 Å². The zero-order valence-corrected chi connectivity index (χ0v) is 17.9. The summed E-state index contributed by atoms with van der Waals surface area (Å²) in [6.07, 6.45) is 3.27. The van der Waals surface area contributed by atoms with Crippen LogP contribution in [-0.4, -0.2) is 19.0 Å². The van der Waals surface area contributed by atoms with Crippen LogP contribution in [0.1, 0.15) is 16.9 Å². The van der Waals surface area contributed by atoms with E-state index in [1.165, 1.54) is 12.1 Å². The number of nitrogens with zero attached hydrogens (tertiary/aromatic N) is 1. The van der Waals surface area contributed by atoms with Crippen molar-refractivity contribution in [1.82, 2.24) is 10.6 Å². The minimum Gasteiger partial charge on any atom is -0.469 e. The molecule has 2 N–H and O–H groups in total. The van der Waals surface area contributed by atoms with E-state index < -0.39 is 0 Å². The predicted octanol–water partition coefficient (Wildman–Crippen LogP) is 4.56. The number of hydrogen-bond acceptors (Lipinski definition) is 2. The van der Waals surface area contributed by atoms with Gasteiger partial charge in [0, 0.05) is 19.5 Å². The molecule has 0 radical (unpaired) electrons. The first-order valence-electron chi connectivity index (χ1n) is 9.12. The molecule has 0 atom stereocenters. The summed E-state index contributed by atoms with van der Waals surface area (Å²) < 4.78 is 18.4. The van der Waals surface area contributed by atoms with Crippen LogP contribution in [0.5, 0.6) is 0 Å². The zero-order valence-electron chi connectivity index (χ0n) is 15.6. The summed E-state index contributed by atoms with van der Waals surface area (Å²) in [5, 5.41) is 6.69. The topological polar surface area (TPSA) is 49.6 Å². The molecule has 28 heavy (non-hydrogen) atoms. The van der Waals surface area contributed by atoms with E-state index in [-0.39, 0.29) is 29.8 Å². The van der Waals surface area contributed by atoms with Gasteiger partial charge in [0.25, 0.3) is 0 Å². The van der Waals surface area contributed by atoms with E-state index in [9.17, 15) is 4.39 Å². The molecular weight excluding hydrogens is 468 g/mol. The Labute approximate surface area is 182 Å². The van der Waals surface area contributed by atoms with Gasteiger partial charge in [-0.05, 0) is 41.8 Å². The highest BCUT2D eigenvalue weighted by atomic mass is 127. The van der Waals surface area contributed by atoms with Crippen molar-refractivity contribution < 1.29 is 8.81 Å². The van der Waals surface area contributed by atoms with E-state index in [2.05, 4.69) is 27.8 Å². The van der Waals surface area contributed by atoms with Crippen LogP contribution in [0.4, 0.5) is 4.39 Å². The van der Waals surface area contributed by atoms with Gasteiger partial charge in [-0.1, -0.05) is 42.5 Å². The average molecular weight is 493 g/mol. The molecule has 0 spiro atoms. The monoisotopic (exact) mass is 493 g/mol. The van der Waals surface area contributed by atoms with Gasteiger partial charge in [-0.2, -0.15) is 0 Å². The molecular formula is C22H25FIN3O. The fourth-order valence-electron chi connectivity index (χ4n) is 2.66. The van der Waals surface area contributed by atoms with Gasteiger partial charge in [0.1, 0.15) is 11.6 Å². The molecule has 0 saturated carbocycles. The molecule has 2 aromatic carbocycles. The summed E-state index contributed by atoms with van der Waals surface area (Å²) in [7, 11) is 0. The lowest BCUT2D eigenvalue weighted by atomic mass is 10.1. The SMILES string of the molecule is Fc1ccc(CCNC(=NCc2ccccc2)NCCc2ccco2)cc1.I. The van der Waals surface area contributed by atoms with Crippen molar-refractivity contribution in [3.8, 4) is 0 Å². The average Bonchev–Trinajstić information content (AvgIpc) is 3.21. The second-order valence-corrected chi connectivity index (χ2v) is 6.21. The Morgan fingerprint density at radius 3 is 2.21 bits per heavy atom. The standard InChI is InChI=1S/C22H24FN3O.HI/c23-20-10-8-18(9-11-20)12-14-24-22(25-15-13-21-7-4-16-27-21)26-17-19-5-2-1-3-6-19;/h1-11,16H,12-15,17H2,(H2,24,25,26);1H. The molecule has 4 nitrogen and oxygen atoms in total. The van der Waals surface area contributed by atoms with Gasteiger partial charge in [0.05, 0.1) is 12.8 Å². The minimum absolute atomic E-state index is 0. The molecule has 1 aromatic heterocycles. The lowest BCUT2D eigenvalue weighted by Gasteiger charge is -2.12. The molecule has 0 unspecified atom stereocenters. The maximum Gasteiger partial charge on any atom is 0.191 e. The Morgan fingerprint density at radius 2 is 1.54 bits per heavy atom. The Balaban J connectivity index is 0.00000280. The van der Waals surface area contributed by atoms with Crippen molar-refractivity contribution in [2.75, 3.05) is 13.1 Å². The highest BCUT2D eigenvalue weighted by Gasteiger charge is 2.02. The van der Waals surface area contributed by atoms with Crippen molar-refractivity contribution in [2.24, 2.45) is 4.99 Å². The quantitative estimate of drug-likeness (QED) is 0.275. The molecule has 1 heterocycles. The van der Waals surface area contributed by atoms with Gasteiger partial charge >= 0.3 is 0 Å². The normalized spacial score (nSPS) is 11.0. The maximum atomic E-state index is 13.0. The number of benzene rings is 2. The molecule has 3 rings (SSSR count). The fourth-order valence-corrected chi connectivity index (χ4v) is 2.66. The third-order valence-electron chi connectivity index (χ3n) is 4.13. The third-order valence-corrected chi connectivity index (χ3v) is 4.13. The van der Waals surface area contributed by atoms with Crippen molar-refractivity contribution in [3.63, 3.8) is 0 Å². The fraction of sp³-hybridized carbons (Fsp3) is 0.227. The molecule has 0 aliphatic rings. The predicted molar refractivity (Wildman–Crippen MR) is 122 cm³/mol. The van der Waals surface area contributed by atoms with Crippen molar-refractivity contribution in [2.45, 2.75) is 19.4 Å². The smallest absolute Gasteiger partial charge is 0.191 e. The second kappa shape index (κ2) is 12.2. The highest BCUT2D eigenvalue weighted by Crippen LogP contribution is 2.03. The minimum atomic E-state index is -0.212. The molecule has 148 valence electrons.